The van der Waals surface area contributed by atoms with E-state index in [1.54, 1.807) is 0 Å². The molecule has 17 heavy (non-hydrogen) atoms. The third-order valence-corrected chi connectivity index (χ3v) is 3.79. The average Bonchev–Trinajstić information content (AvgIpc) is 2.27. The highest BCUT2D eigenvalue weighted by atomic mass is 16.5. The fourth-order valence-corrected chi connectivity index (χ4v) is 2.19. The molecule has 1 aromatic rings. The van der Waals surface area contributed by atoms with Crippen molar-refractivity contribution < 1.29 is 4.74 Å². The molecule has 0 saturated heterocycles. The van der Waals surface area contributed by atoms with E-state index in [-0.39, 0.29) is 11.1 Å². The zero-order valence-electron chi connectivity index (χ0n) is 11.6. The summed E-state index contributed by atoms with van der Waals surface area (Å²) in [6, 6.07) is 6.56. The van der Waals surface area contributed by atoms with Gasteiger partial charge in [0.05, 0.1) is 0 Å². The molecule has 1 N–H and O–H groups in total. The summed E-state index contributed by atoms with van der Waals surface area (Å²) in [5, 5.41) is 3.34. The Labute approximate surface area is 104 Å². The smallest absolute Gasteiger partial charge is 0.123 e. The minimum atomic E-state index is -0.0208. The second-order valence-electron chi connectivity index (χ2n) is 6.06. The number of hydrogen-bond donors (Lipinski definition) is 1. The maximum Gasteiger partial charge on any atom is 0.123 e. The van der Waals surface area contributed by atoms with Crippen LogP contribution in [-0.2, 0) is 12.0 Å². The van der Waals surface area contributed by atoms with E-state index in [0.29, 0.717) is 0 Å². The van der Waals surface area contributed by atoms with Crippen LogP contribution < -0.4 is 10.1 Å². The van der Waals surface area contributed by atoms with Gasteiger partial charge in [0.25, 0.3) is 0 Å². The maximum absolute atomic E-state index is 6.00. The molecule has 2 rings (SSSR count). The molecule has 0 saturated carbocycles. The second-order valence-corrected chi connectivity index (χ2v) is 6.06. The van der Waals surface area contributed by atoms with Crippen molar-refractivity contribution in [2.75, 3.05) is 7.05 Å². The van der Waals surface area contributed by atoms with Crippen molar-refractivity contribution in [1.29, 1.82) is 0 Å². The Morgan fingerprint density at radius 2 is 2.00 bits per heavy atom. The number of nitrogens with one attached hydrogen (secondary N) is 1. The van der Waals surface area contributed by atoms with Gasteiger partial charge in [0.1, 0.15) is 11.4 Å². The van der Waals surface area contributed by atoms with E-state index < -0.39 is 0 Å². The molecule has 2 nitrogen and oxygen atoms in total. The molecule has 0 aromatic heterocycles. The van der Waals surface area contributed by atoms with Crippen LogP contribution in [0.25, 0.3) is 0 Å². The summed E-state index contributed by atoms with van der Waals surface area (Å²) in [5.41, 5.74) is 2.65. The van der Waals surface area contributed by atoms with Gasteiger partial charge in [0.15, 0.2) is 0 Å². The van der Waals surface area contributed by atoms with Crippen molar-refractivity contribution in [2.24, 2.45) is 0 Å². The van der Waals surface area contributed by atoms with Gasteiger partial charge in [-0.2, -0.15) is 0 Å². The molecule has 0 bridgehead atoms. The molecule has 0 radical (unpaired) electrons. The molecular weight excluding hydrogens is 210 g/mol. The van der Waals surface area contributed by atoms with E-state index in [0.717, 1.165) is 18.6 Å². The SMILES string of the molecule is CNC(C)(C)c1ccc2c(c1)CCC(C)(C)O2. The molecule has 0 unspecified atom stereocenters. The van der Waals surface area contributed by atoms with Crippen molar-refractivity contribution in [3.05, 3.63) is 29.3 Å². The first-order chi connectivity index (χ1) is 7.84. The minimum absolute atomic E-state index is 0.0159. The maximum atomic E-state index is 6.00. The van der Waals surface area contributed by atoms with E-state index in [4.69, 9.17) is 4.74 Å². The highest BCUT2D eigenvalue weighted by molar-refractivity contribution is 5.41. The summed E-state index contributed by atoms with van der Waals surface area (Å²) < 4.78 is 6.00. The molecule has 1 heterocycles. The molecule has 0 aliphatic carbocycles. The van der Waals surface area contributed by atoms with Crippen molar-refractivity contribution in [2.45, 2.75) is 51.7 Å². The number of ether oxygens (including phenoxy) is 1. The molecule has 94 valence electrons. The van der Waals surface area contributed by atoms with Gasteiger partial charge in [-0.15, -0.1) is 0 Å². The summed E-state index contributed by atoms with van der Waals surface area (Å²) in [6.45, 7) is 8.70. The van der Waals surface area contributed by atoms with Crippen LogP contribution in [0.3, 0.4) is 0 Å². The number of aryl methyl sites for hydroxylation is 1. The van der Waals surface area contributed by atoms with Crippen LogP contribution in [0.4, 0.5) is 0 Å². The Hall–Kier alpha value is -1.02. The fraction of sp³-hybridized carbons (Fsp3) is 0.600. The van der Waals surface area contributed by atoms with Gasteiger partial charge < -0.3 is 10.1 Å². The molecule has 1 aromatic carbocycles. The lowest BCUT2D eigenvalue weighted by atomic mass is 9.88. The summed E-state index contributed by atoms with van der Waals surface area (Å²) in [6.07, 6.45) is 2.19. The second kappa shape index (κ2) is 4.02. The van der Waals surface area contributed by atoms with Gasteiger partial charge in [-0.05, 0) is 64.8 Å². The molecule has 1 aliphatic heterocycles. The predicted octanol–water partition coefficient (Wildman–Crippen LogP) is 3.24. The normalized spacial score (nSPS) is 18.4. The Morgan fingerprint density at radius 3 is 2.65 bits per heavy atom. The summed E-state index contributed by atoms with van der Waals surface area (Å²) in [7, 11) is 2.00. The van der Waals surface area contributed by atoms with E-state index in [1.807, 2.05) is 7.05 Å². The van der Waals surface area contributed by atoms with E-state index in [9.17, 15) is 0 Å². The van der Waals surface area contributed by atoms with Gasteiger partial charge in [-0.3, -0.25) is 0 Å². The van der Waals surface area contributed by atoms with Crippen molar-refractivity contribution >= 4 is 0 Å². The number of fused-ring (bicyclic) bond motifs is 1. The quantitative estimate of drug-likeness (QED) is 0.846. The molecule has 0 atom stereocenters. The summed E-state index contributed by atoms with van der Waals surface area (Å²) >= 11 is 0. The number of benzene rings is 1. The zero-order chi connectivity index (χ0) is 12.7. The third kappa shape index (κ3) is 2.47. The third-order valence-electron chi connectivity index (χ3n) is 3.79. The van der Waals surface area contributed by atoms with Gasteiger partial charge >= 0.3 is 0 Å². The van der Waals surface area contributed by atoms with Crippen LogP contribution >= 0.6 is 0 Å². The monoisotopic (exact) mass is 233 g/mol. The Balaban J connectivity index is 2.34. The Morgan fingerprint density at radius 1 is 1.29 bits per heavy atom. The molecule has 0 amide bonds. The van der Waals surface area contributed by atoms with Crippen LogP contribution in [0.5, 0.6) is 5.75 Å². The van der Waals surface area contributed by atoms with Gasteiger partial charge in [0.2, 0.25) is 0 Å². The van der Waals surface area contributed by atoms with Gasteiger partial charge in [-0.1, -0.05) is 12.1 Å². The minimum Gasteiger partial charge on any atom is -0.488 e. The van der Waals surface area contributed by atoms with Crippen molar-refractivity contribution in [1.82, 2.24) is 5.32 Å². The molecule has 0 spiro atoms. The first-order valence-electron chi connectivity index (χ1n) is 6.35. The number of hydrogen-bond acceptors (Lipinski definition) is 2. The fourth-order valence-electron chi connectivity index (χ4n) is 2.19. The van der Waals surface area contributed by atoms with Crippen LogP contribution in [0.2, 0.25) is 0 Å². The first-order valence-corrected chi connectivity index (χ1v) is 6.35. The standard InChI is InChI=1S/C15H23NO/c1-14(2)9-8-11-10-12(15(3,4)16-5)6-7-13(11)17-14/h6-7,10,16H,8-9H2,1-5H3. The molecule has 0 fully saturated rings. The molecular formula is C15H23NO. The average molecular weight is 233 g/mol. The summed E-state index contributed by atoms with van der Waals surface area (Å²) in [4.78, 5) is 0. The van der Waals surface area contributed by atoms with Crippen LogP contribution in [0.15, 0.2) is 18.2 Å². The highest BCUT2D eigenvalue weighted by Crippen LogP contribution is 2.35. The predicted molar refractivity (Wildman–Crippen MR) is 71.6 cm³/mol. The van der Waals surface area contributed by atoms with Crippen molar-refractivity contribution in [3.63, 3.8) is 0 Å². The number of rotatable bonds is 2. The van der Waals surface area contributed by atoms with Crippen LogP contribution in [-0.4, -0.2) is 12.6 Å². The summed E-state index contributed by atoms with van der Waals surface area (Å²) in [5.74, 6) is 1.05. The largest absolute Gasteiger partial charge is 0.488 e. The molecule has 1 aliphatic rings. The van der Waals surface area contributed by atoms with E-state index in [2.05, 4.69) is 51.2 Å². The van der Waals surface area contributed by atoms with Gasteiger partial charge in [0, 0.05) is 5.54 Å². The van der Waals surface area contributed by atoms with E-state index >= 15 is 0 Å². The van der Waals surface area contributed by atoms with E-state index in [1.165, 1.54) is 11.1 Å². The lowest BCUT2D eigenvalue weighted by Gasteiger charge is -2.34. The van der Waals surface area contributed by atoms with Crippen LogP contribution in [0.1, 0.15) is 45.2 Å². The topological polar surface area (TPSA) is 21.3 Å². The first kappa shape index (κ1) is 12.4. The van der Waals surface area contributed by atoms with Crippen LogP contribution in [0, 0.1) is 0 Å². The lowest BCUT2D eigenvalue weighted by molar-refractivity contribution is 0.0846. The Kier molecular flexibility index (Phi) is 2.94. The van der Waals surface area contributed by atoms with Crippen molar-refractivity contribution in [3.8, 4) is 5.75 Å². The zero-order valence-corrected chi connectivity index (χ0v) is 11.6. The molecule has 2 heteroatoms. The Bertz CT molecular complexity index is 421. The van der Waals surface area contributed by atoms with Gasteiger partial charge in [-0.25, -0.2) is 0 Å². The lowest BCUT2D eigenvalue weighted by Crippen LogP contribution is -2.35. The highest BCUT2D eigenvalue weighted by Gasteiger charge is 2.28.